The first kappa shape index (κ1) is 24.7. The molecule has 0 bridgehead atoms. The number of benzene rings is 1. The Morgan fingerprint density at radius 1 is 0.812 bits per heavy atom. The molecule has 32 heavy (non-hydrogen) atoms. The Bertz CT molecular complexity index is 762. The van der Waals surface area contributed by atoms with Crippen molar-refractivity contribution in [3.63, 3.8) is 0 Å². The van der Waals surface area contributed by atoms with Gasteiger partial charge in [-0.05, 0) is 12.1 Å². The zero-order chi connectivity index (χ0) is 23.6. The van der Waals surface area contributed by atoms with Crippen molar-refractivity contribution in [3.05, 3.63) is 34.4 Å². The SMILES string of the molecule is O=[N+]([O-])c1ccc(O[C@H]2O[C@@H](CO[C@@H]3O[C@H](CO)[C@H](O)[C@H](O)[C@@H]3O)[C@H](O)[C@@H](O)[C@@H]2O)cc1. The van der Waals surface area contributed by atoms with Crippen LogP contribution in [0.25, 0.3) is 0 Å². The molecule has 1 aromatic rings. The predicted octanol–water partition coefficient (Wildman–Crippen LogP) is -3.40. The number of aliphatic hydroxyl groups is 7. The summed E-state index contributed by atoms with van der Waals surface area (Å²) in [6.07, 6.45) is -15.4. The van der Waals surface area contributed by atoms with Crippen molar-refractivity contribution in [2.45, 2.75) is 61.4 Å². The van der Waals surface area contributed by atoms with Crippen LogP contribution in [-0.2, 0) is 14.2 Å². The van der Waals surface area contributed by atoms with Crippen LogP contribution in [0.1, 0.15) is 0 Å². The van der Waals surface area contributed by atoms with Gasteiger partial charge in [-0.2, -0.15) is 0 Å². The van der Waals surface area contributed by atoms with Gasteiger partial charge in [-0.3, -0.25) is 10.1 Å². The van der Waals surface area contributed by atoms with Crippen LogP contribution in [0.2, 0.25) is 0 Å². The second-order valence-corrected chi connectivity index (χ2v) is 7.41. The lowest BCUT2D eigenvalue weighted by molar-refractivity contribution is -0.384. The fourth-order valence-corrected chi connectivity index (χ4v) is 3.33. The largest absolute Gasteiger partial charge is 0.462 e. The number of nitrogens with zero attached hydrogens (tertiary/aromatic N) is 1. The minimum absolute atomic E-state index is 0.0804. The second kappa shape index (κ2) is 10.3. The molecule has 180 valence electrons. The van der Waals surface area contributed by atoms with Gasteiger partial charge in [0, 0.05) is 12.1 Å². The summed E-state index contributed by atoms with van der Waals surface area (Å²) in [7, 11) is 0. The lowest BCUT2D eigenvalue weighted by atomic mass is 9.98. The summed E-state index contributed by atoms with van der Waals surface area (Å²) >= 11 is 0. The van der Waals surface area contributed by atoms with E-state index in [-0.39, 0.29) is 11.4 Å². The monoisotopic (exact) mass is 463 g/mol. The van der Waals surface area contributed by atoms with Crippen LogP contribution in [0.5, 0.6) is 5.75 Å². The smallest absolute Gasteiger partial charge is 0.269 e. The molecule has 2 saturated heterocycles. The minimum atomic E-state index is -1.71. The third-order valence-corrected chi connectivity index (χ3v) is 5.24. The molecule has 2 fully saturated rings. The number of hydrogen-bond acceptors (Lipinski definition) is 13. The van der Waals surface area contributed by atoms with Gasteiger partial charge in [0.1, 0.15) is 54.6 Å². The average Bonchev–Trinajstić information content (AvgIpc) is 2.78. The van der Waals surface area contributed by atoms with E-state index in [9.17, 15) is 45.9 Å². The summed E-state index contributed by atoms with van der Waals surface area (Å²) in [5, 5.41) is 80.1. The zero-order valence-corrected chi connectivity index (χ0v) is 16.5. The average molecular weight is 463 g/mol. The molecule has 0 amide bonds. The molecule has 1 aromatic carbocycles. The molecular weight excluding hydrogens is 438 g/mol. The second-order valence-electron chi connectivity index (χ2n) is 7.41. The highest BCUT2D eigenvalue weighted by atomic mass is 16.7. The first-order valence-corrected chi connectivity index (χ1v) is 9.67. The van der Waals surface area contributed by atoms with Crippen molar-refractivity contribution in [1.82, 2.24) is 0 Å². The summed E-state index contributed by atoms with van der Waals surface area (Å²) in [6, 6.07) is 4.83. The van der Waals surface area contributed by atoms with Crippen LogP contribution in [-0.4, -0.2) is 115 Å². The molecule has 0 aliphatic carbocycles. The summed E-state index contributed by atoms with van der Waals surface area (Å²) in [5.41, 5.74) is -0.191. The van der Waals surface area contributed by atoms with E-state index in [1.165, 1.54) is 12.1 Å². The molecule has 14 nitrogen and oxygen atoms in total. The number of non-ortho nitro benzene ring substituents is 1. The molecule has 0 saturated carbocycles. The highest BCUT2D eigenvalue weighted by Crippen LogP contribution is 2.27. The van der Waals surface area contributed by atoms with Crippen LogP contribution >= 0.6 is 0 Å². The fraction of sp³-hybridized carbons (Fsp3) is 0.667. The molecular formula is C18H25NO13. The molecule has 2 aliphatic rings. The summed E-state index contributed by atoms with van der Waals surface area (Å²) in [4.78, 5) is 10.1. The normalized spacial score (nSPS) is 40.1. The number of hydrogen-bond donors (Lipinski definition) is 7. The minimum Gasteiger partial charge on any atom is -0.462 e. The Hall–Kier alpha value is -1.98. The van der Waals surface area contributed by atoms with E-state index in [1.807, 2.05) is 0 Å². The zero-order valence-electron chi connectivity index (χ0n) is 16.5. The summed E-state index contributed by atoms with van der Waals surface area (Å²) in [5.74, 6) is 0.0804. The lowest BCUT2D eigenvalue weighted by Gasteiger charge is -2.42. The maximum absolute atomic E-state index is 10.7. The topological polar surface area (TPSA) is 222 Å². The third kappa shape index (κ3) is 5.15. The highest BCUT2D eigenvalue weighted by molar-refractivity contribution is 5.36. The van der Waals surface area contributed by atoms with Gasteiger partial charge < -0.3 is 54.7 Å². The number of ether oxygens (including phenoxy) is 4. The van der Waals surface area contributed by atoms with Crippen LogP contribution in [0.3, 0.4) is 0 Å². The van der Waals surface area contributed by atoms with Crippen molar-refractivity contribution < 1.29 is 59.6 Å². The summed E-state index contributed by atoms with van der Waals surface area (Å²) in [6.45, 7) is -1.17. The highest BCUT2D eigenvalue weighted by Gasteiger charge is 2.47. The maximum Gasteiger partial charge on any atom is 0.269 e. The number of rotatable bonds is 7. The Morgan fingerprint density at radius 2 is 1.34 bits per heavy atom. The predicted molar refractivity (Wildman–Crippen MR) is 100 cm³/mol. The number of aliphatic hydroxyl groups excluding tert-OH is 7. The quantitative estimate of drug-likeness (QED) is 0.155. The van der Waals surface area contributed by atoms with E-state index >= 15 is 0 Å². The van der Waals surface area contributed by atoms with Crippen LogP contribution < -0.4 is 4.74 Å². The number of nitro benzene ring substituents is 1. The van der Waals surface area contributed by atoms with Gasteiger partial charge in [0.25, 0.3) is 5.69 Å². The van der Waals surface area contributed by atoms with E-state index in [1.54, 1.807) is 0 Å². The van der Waals surface area contributed by atoms with Gasteiger partial charge in [-0.15, -0.1) is 0 Å². The molecule has 0 spiro atoms. The van der Waals surface area contributed by atoms with Crippen molar-refractivity contribution in [3.8, 4) is 5.75 Å². The van der Waals surface area contributed by atoms with Crippen molar-refractivity contribution >= 4 is 5.69 Å². The van der Waals surface area contributed by atoms with Crippen molar-refractivity contribution in [1.29, 1.82) is 0 Å². The Morgan fingerprint density at radius 3 is 1.91 bits per heavy atom. The Labute approximate surface area is 180 Å². The first-order chi connectivity index (χ1) is 15.1. The van der Waals surface area contributed by atoms with E-state index in [2.05, 4.69) is 0 Å². The van der Waals surface area contributed by atoms with E-state index in [0.29, 0.717) is 0 Å². The van der Waals surface area contributed by atoms with Gasteiger partial charge in [-0.1, -0.05) is 0 Å². The molecule has 0 radical (unpaired) electrons. The third-order valence-electron chi connectivity index (χ3n) is 5.24. The molecule has 3 rings (SSSR count). The molecule has 14 heteroatoms. The molecule has 0 unspecified atom stereocenters. The van der Waals surface area contributed by atoms with Crippen molar-refractivity contribution in [2.24, 2.45) is 0 Å². The van der Waals surface area contributed by atoms with Gasteiger partial charge in [-0.25, -0.2) is 0 Å². The van der Waals surface area contributed by atoms with Gasteiger partial charge >= 0.3 is 0 Å². The molecule has 2 heterocycles. The Balaban J connectivity index is 1.64. The first-order valence-electron chi connectivity index (χ1n) is 9.67. The number of nitro groups is 1. The molecule has 10 atom stereocenters. The van der Waals surface area contributed by atoms with Crippen LogP contribution in [0, 0.1) is 10.1 Å². The molecule has 0 aromatic heterocycles. The van der Waals surface area contributed by atoms with Crippen molar-refractivity contribution in [2.75, 3.05) is 13.2 Å². The van der Waals surface area contributed by atoms with Gasteiger partial charge in [0.2, 0.25) is 6.29 Å². The van der Waals surface area contributed by atoms with E-state index in [0.717, 1.165) is 12.1 Å². The summed E-state index contributed by atoms with van der Waals surface area (Å²) < 4.78 is 21.4. The van der Waals surface area contributed by atoms with Gasteiger partial charge in [0.15, 0.2) is 6.29 Å². The molecule has 7 N–H and O–H groups in total. The standard InChI is InChI=1S/C18H25NO13/c20-5-9-11(21)13(23)15(25)17(31-9)29-6-10-12(22)14(24)16(26)18(32-10)30-8-3-1-7(2-4-8)19(27)28/h1-4,9-18,20-26H,5-6H2/t9-,10+,11+,12+,13+,14-,15+,16+,17-,18+/m1/s1. The lowest BCUT2D eigenvalue weighted by Crippen LogP contribution is -2.62. The van der Waals surface area contributed by atoms with Crippen LogP contribution in [0.4, 0.5) is 5.69 Å². The van der Waals surface area contributed by atoms with E-state index < -0.39 is 79.5 Å². The fourth-order valence-electron chi connectivity index (χ4n) is 3.33. The Kier molecular flexibility index (Phi) is 7.94. The van der Waals surface area contributed by atoms with Crippen LogP contribution in [0.15, 0.2) is 24.3 Å². The maximum atomic E-state index is 10.7. The van der Waals surface area contributed by atoms with E-state index in [4.69, 9.17) is 18.9 Å². The molecule has 2 aliphatic heterocycles. The van der Waals surface area contributed by atoms with Gasteiger partial charge in [0.05, 0.1) is 18.1 Å².